The number of anilines is 1. The van der Waals surface area contributed by atoms with E-state index in [0.717, 1.165) is 10.5 Å². The standard InChI is InChI=1S/C25H22N2O7S/c1-16-6-9-21(10-7-16)35(31,32)26-18-8-11-22-23(14-18)25(30)27(24(22)29)12-13-33-19-4-3-5-20(15-19)34-17(2)28/h3-11,14-15,26H,12-13H2,1-2H3. The largest absolute Gasteiger partial charge is 0.492 e. The second-order valence-electron chi connectivity index (χ2n) is 7.86. The number of hydrogen-bond donors (Lipinski definition) is 1. The van der Waals surface area contributed by atoms with Gasteiger partial charge in [0, 0.05) is 18.7 Å². The predicted molar refractivity (Wildman–Crippen MR) is 127 cm³/mol. The molecule has 3 aromatic rings. The number of rotatable bonds is 8. The van der Waals surface area contributed by atoms with Gasteiger partial charge in [-0.3, -0.25) is 24.0 Å². The highest BCUT2D eigenvalue weighted by atomic mass is 32.2. The van der Waals surface area contributed by atoms with Crippen molar-refractivity contribution in [3.63, 3.8) is 0 Å². The molecule has 0 atom stereocenters. The van der Waals surface area contributed by atoms with Crippen LogP contribution in [0.2, 0.25) is 0 Å². The van der Waals surface area contributed by atoms with Crippen LogP contribution in [0.3, 0.4) is 0 Å². The van der Waals surface area contributed by atoms with Crippen molar-refractivity contribution < 1.29 is 32.3 Å². The van der Waals surface area contributed by atoms with E-state index in [-0.39, 0.29) is 34.9 Å². The number of ether oxygens (including phenoxy) is 2. The Balaban J connectivity index is 1.43. The minimum Gasteiger partial charge on any atom is -0.492 e. The van der Waals surface area contributed by atoms with E-state index in [1.165, 1.54) is 43.3 Å². The van der Waals surface area contributed by atoms with Gasteiger partial charge in [0.15, 0.2) is 0 Å². The fourth-order valence-corrected chi connectivity index (χ4v) is 4.59. The SMILES string of the molecule is CC(=O)Oc1cccc(OCCN2C(=O)c3ccc(NS(=O)(=O)c4ccc(C)cc4)cc3C2=O)c1. The minimum absolute atomic E-state index is 0.0158. The van der Waals surface area contributed by atoms with Crippen molar-refractivity contribution in [3.8, 4) is 11.5 Å². The Bertz CT molecular complexity index is 1420. The molecule has 1 aliphatic heterocycles. The lowest BCUT2D eigenvalue weighted by Gasteiger charge is -2.14. The van der Waals surface area contributed by atoms with Crippen molar-refractivity contribution >= 4 is 33.5 Å². The summed E-state index contributed by atoms with van der Waals surface area (Å²) in [5, 5.41) is 0. The normalized spacial score (nSPS) is 12.9. The van der Waals surface area contributed by atoms with Gasteiger partial charge in [-0.05, 0) is 49.4 Å². The summed E-state index contributed by atoms with van der Waals surface area (Å²) in [5.74, 6) is -0.771. The lowest BCUT2D eigenvalue weighted by atomic mass is 10.1. The number of carbonyl (C=O) groups excluding carboxylic acids is 3. The van der Waals surface area contributed by atoms with Crippen LogP contribution >= 0.6 is 0 Å². The first-order valence-electron chi connectivity index (χ1n) is 10.6. The fourth-order valence-electron chi connectivity index (χ4n) is 3.54. The van der Waals surface area contributed by atoms with Gasteiger partial charge < -0.3 is 9.47 Å². The molecule has 0 fully saturated rings. The van der Waals surface area contributed by atoms with Crippen molar-refractivity contribution in [2.75, 3.05) is 17.9 Å². The Labute approximate surface area is 202 Å². The van der Waals surface area contributed by atoms with E-state index in [0.29, 0.717) is 11.5 Å². The average Bonchev–Trinajstić information content (AvgIpc) is 3.03. The molecule has 10 heteroatoms. The molecule has 1 aliphatic rings. The number of nitrogens with one attached hydrogen (secondary N) is 1. The van der Waals surface area contributed by atoms with Gasteiger partial charge >= 0.3 is 5.97 Å². The summed E-state index contributed by atoms with van der Waals surface area (Å²) in [6, 6.07) is 17.0. The van der Waals surface area contributed by atoms with E-state index in [9.17, 15) is 22.8 Å². The summed E-state index contributed by atoms with van der Waals surface area (Å²) in [5.41, 5.74) is 1.39. The number of fused-ring (bicyclic) bond motifs is 1. The zero-order valence-corrected chi connectivity index (χ0v) is 19.8. The molecule has 1 heterocycles. The number of hydrogen-bond acceptors (Lipinski definition) is 7. The molecule has 0 aromatic heterocycles. The van der Waals surface area contributed by atoms with Gasteiger partial charge in [-0.25, -0.2) is 8.42 Å². The van der Waals surface area contributed by atoms with Gasteiger partial charge in [-0.2, -0.15) is 0 Å². The van der Waals surface area contributed by atoms with E-state index in [4.69, 9.17) is 9.47 Å². The second-order valence-corrected chi connectivity index (χ2v) is 9.54. The summed E-state index contributed by atoms with van der Waals surface area (Å²) in [4.78, 5) is 37.8. The minimum atomic E-state index is -3.86. The molecule has 35 heavy (non-hydrogen) atoms. The summed E-state index contributed by atoms with van der Waals surface area (Å²) in [6.45, 7) is 3.13. The molecule has 1 N–H and O–H groups in total. The number of nitrogens with zero attached hydrogens (tertiary/aromatic N) is 1. The van der Waals surface area contributed by atoms with Gasteiger partial charge in [0.25, 0.3) is 21.8 Å². The Morgan fingerprint density at radius 3 is 2.31 bits per heavy atom. The smallest absolute Gasteiger partial charge is 0.308 e. The molecule has 4 rings (SSSR count). The quantitative estimate of drug-likeness (QED) is 0.290. The molecule has 2 amide bonds. The maximum atomic E-state index is 12.9. The van der Waals surface area contributed by atoms with Crippen molar-refractivity contribution in [3.05, 3.63) is 83.4 Å². The second kappa shape index (κ2) is 9.59. The molecular weight excluding hydrogens is 472 g/mol. The molecule has 9 nitrogen and oxygen atoms in total. The number of esters is 1. The van der Waals surface area contributed by atoms with Crippen LogP contribution < -0.4 is 14.2 Å². The maximum Gasteiger partial charge on any atom is 0.308 e. The molecule has 0 unspecified atom stereocenters. The first-order chi connectivity index (χ1) is 16.6. The topological polar surface area (TPSA) is 119 Å². The number of carbonyl (C=O) groups is 3. The van der Waals surface area contributed by atoms with E-state index >= 15 is 0 Å². The zero-order chi connectivity index (χ0) is 25.2. The first kappa shape index (κ1) is 24.0. The highest BCUT2D eigenvalue weighted by Gasteiger charge is 2.35. The van der Waals surface area contributed by atoms with Gasteiger partial charge in [0.2, 0.25) is 0 Å². The first-order valence-corrected chi connectivity index (χ1v) is 12.1. The summed E-state index contributed by atoms with van der Waals surface area (Å²) < 4.78 is 38.4. The molecule has 0 spiro atoms. The Morgan fingerprint density at radius 1 is 0.914 bits per heavy atom. The average molecular weight is 495 g/mol. The summed E-state index contributed by atoms with van der Waals surface area (Å²) >= 11 is 0. The Morgan fingerprint density at radius 2 is 1.60 bits per heavy atom. The van der Waals surface area contributed by atoms with Crippen LogP contribution in [0.4, 0.5) is 5.69 Å². The number of imide groups is 1. The number of sulfonamides is 1. The lowest BCUT2D eigenvalue weighted by Crippen LogP contribution is -2.33. The maximum absolute atomic E-state index is 12.9. The summed E-state index contributed by atoms with van der Waals surface area (Å²) in [7, 11) is -3.86. The zero-order valence-electron chi connectivity index (χ0n) is 19.0. The molecule has 180 valence electrons. The van der Waals surface area contributed by atoms with Crippen LogP contribution in [-0.4, -0.2) is 44.3 Å². The molecule has 3 aromatic carbocycles. The predicted octanol–water partition coefficient (Wildman–Crippen LogP) is 3.40. The lowest BCUT2D eigenvalue weighted by molar-refractivity contribution is -0.131. The number of aryl methyl sites for hydroxylation is 1. The van der Waals surface area contributed by atoms with Crippen molar-refractivity contribution in [2.24, 2.45) is 0 Å². The third kappa shape index (κ3) is 5.33. The van der Waals surface area contributed by atoms with Gasteiger partial charge in [0.1, 0.15) is 18.1 Å². The summed E-state index contributed by atoms with van der Waals surface area (Å²) in [6.07, 6.45) is 0. The fraction of sp³-hybridized carbons (Fsp3) is 0.160. The molecule has 0 saturated carbocycles. The highest BCUT2D eigenvalue weighted by Crippen LogP contribution is 2.27. The van der Waals surface area contributed by atoms with Gasteiger partial charge in [-0.1, -0.05) is 23.8 Å². The van der Waals surface area contributed by atoms with Crippen LogP contribution in [0.1, 0.15) is 33.2 Å². The van der Waals surface area contributed by atoms with Crippen molar-refractivity contribution in [1.29, 1.82) is 0 Å². The van der Waals surface area contributed by atoms with Crippen LogP contribution in [0.5, 0.6) is 11.5 Å². The van der Waals surface area contributed by atoms with Gasteiger partial charge in [-0.15, -0.1) is 0 Å². The van der Waals surface area contributed by atoms with Crippen molar-refractivity contribution in [1.82, 2.24) is 4.90 Å². The Hall–Kier alpha value is -4.18. The number of amides is 2. The number of benzene rings is 3. The van der Waals surface area contributed by atoms with Crippen LogP contribution in [0, 0.1) is 6.92 Å². The molecule has 0 radical (unpaired) electrons. The molecular formula is C25H22N2O7S. The monoisotopic (exact) mass is 494 g/mol. The third-order valence-corrected chi connectivity index (χ3v) is 6.60. The highest BCUT2D eigenvalue weighted by molar-refractivity contribution is 7.92. The van der Waals surface area contributed by atoms with E-state index in [2.05, 4.69) is 4.72 Å². The van der Waals surface area contributed by atoms with E-state index in [1.54, 1.807) is 30.3 Å². The van der Waals surface area contributed by atoms with E-state index in [1.807, 2.05) is 6.92 Å². The molecule has 0 bridgehead atoms. The van der Waals surface area contributed by atoms with Crippen molar-refractivity contribution in [2.45, 2.75) is 18.7 Å². The van der Waals surface area contributed by atoms with Crippen LogP contribution in [0.25, 0.3) is 0 Å². The third-order valence-electron chi connectivity index (χ3n) is 5.20. The molecule has 0 aliphatic carbocycles. The molecule has 0 saturated heterocycles. The van der Waals surface area contributed by atoms with Crippen LogP contribution in [0.15, 0.2) is 71.6 Å². The van der Waals surface area contributed by atoms with Gasteiger partial charge in [0.05, 0.1) is 22.6 Å². The van der Waals surface area contributed by atoms with Crippen LogP contribution in [-0.2, 0) is 14.8 Å². The Kier molecular flexibility index (Phi) is 6.57. The van der Waals surface area contributed by atoms with E-state index < -0.39 is 27.8 Å².